The Morgan fingerprint density at radius 1 is 0.964 bits per heavy atom. The second-order valence-electron chi connectivity index (χ2n) is 6.46. The zero-order chi connectivity index (χ0) is 19.6. The van der Waals surface area contributed by atoms with Crippen LogP contribution in [0.3, 0.4) is 0 Å². The van der Waals surface area contributed by atoms with Gasteiger partial charge < -0.3 is 4.90 Å². The van der Waals surface area contributed by atoms with E-state index in [0.717, 1.165) is 28.5 Å². The number of hydrogen-bond donors (Lipinski definition) is 0. The van der Waals surface area contributed by atoms with Crippen LogP contribution in [0, 0.1) is 0 Å². The summed E-state index contributed by atoms with van der Waals surface area (Å²) >= 11 is 1.36. The third kappa shape index (κ3) is 3.78. The van der Waals surface area contributed by atoms with Gasteiger partial charge in [-0.25, -0.2) is 8.42 Å². The number of thiophene rings is 1. The minimum absolute atomic E-state index is 0.428. The zero-order valence-corrected chi connectivity index (χ0v) is 17.2. The van der Waals surface area contributed by atoms with Crippen LogP contribution in [0.1, 0.15) is 11.8 Å². The smallest absolute Gasteiger partial charge is 0.252 e. The Labute approximate surface area is 168 Å². The Morgan fingerprint density at radius 2 is 1.79 bits per heavy atom. The molecule has 28 heavy (non-hydrogen) atoms. The van der Waals surface area contributed by atoms with Crippen molar-refractivity contribution in [2.45, 2.75) is 17.6 Å². The van der Waals surface area contributed by atoms with Crippen LogP contribution in [0.5, 0.6) is 0 Å². The molecule has 146 valence electrons. The number of hydrogen-bond acceptors (Lipinski definition) is 7. The first-order valence-electron chi connectivity index (χ1n) is 9.17. The Kier molecular flexibility index (Phi) is 5.38. The molecule has 0 bridgehead atoms. The van der Waals surface area contributed by atoms with Gasteiger partial charge in [0.15, 0.2) is 5.82 Å². The molecule has 0 amide bonds. The van der Waals surface area contributed by atoms with E-state index < -0.39 is 10.0 Å². The Bertz CT molecular complexity index is 1030. The topological polar surface area (TPSA) is 79.3 Å². The number of aryl methyl sites for hydroxylation is 1. The predicted molar refractivity (Wildman–Crippen MR) is 110 cm³/mol. The number of nitrogens with zero attached hydrogens (tertiary/aromatic N) is 5. The van der Waals surface area contributed by atoms with Gasteiger partial charge in [-0.1, -0.05) is 13.0 Å². The fraction of sp³-hybridized carbons (Fsp3) is 0.316. The molecular weight excluding hydrogens is 394 g/mol. The molecule has 1 aliphatic heterocycles. The number of rotatable bonds is 5. The zero-order valence-electron chi connectivity index (χ0n) is 15.5. The van der Waals surface area contributed by atoms with Crippen molar-refractivity contribution in [2.24, 2.45) is 0 Å². The molecule has 0 saturated carbocycles. The average Bonchev–Trinajstić information content (AvgIpc) is 3.25. The van der Waals surface area contributed by atoms with Gasteiger partial charge in [0, 0.05) is 37.3 Å². The summed E-state index contributed by atoms with van der Waals surface area (Å²) in [6.07, 6.45) is 2.57. The lowest BCUT2D eigenvalue weighted by atomic mass is 10.2. The van der Waals surface area contributed by atoms with Crippen molar-refractivity contribution in [3.05, 3.63) is 53.5 Å². The lowest BCUT2D eigenvalue weighted by Crippen LogP contribution is -2.48. The van der Waals surface area contributed by atoms with Crippen molar-refractivity contribution in [3.63, 3.8) is 0 Å². The lowest BCUT2D eigenvalue weighted by molar-refractivity contribution is 0.384. The maximum absolute atomic E-state index is 12.8. The summed E-state index contributed by atoms with van der Waals surface area (Å²) in [5.41, 5.74) is 1.50. The van der Waals surface area contributed by atoms with E-state index in [1.807, 2.05) is 43.3 Å². The molecule has 0 unspecified atom stereocenters. The molecule has 0 aromatic carbocycles. The normalized spacial score (nSPS) is 15.7. The molecule has 0 radical (unpaired) electrons. The van der Waals surface area contributed by atoms with Gasteiger partial charge in [-0.3, -0.25) is 4.98 Å². The number of pyridine rings is 1. The fourth-order valence-electron chi connectivity index (χ4n) is 3.12. The molecule has 3 aromatic rings. The summed E-state index contributed by atoms with van der Waals surface area (Å²) in [6, 6.07) is 13.1. The Morgan fingerprint density at radius 3 is 2.39 bits per heavy atom. The summed E-state index contributed by atoms with van der Waals surface area (Å²) < 4.78 is 27.7. The van der Waals surface area contributed by atoms with E-state index in [0.29, 0.717) is 30.4 Å². The van der Waals surface area contributed by atoms with Crippen molar-refractivity contribution >= 4 is 27.2 Å². The fourth-order valence-corrected chi connectivity index (χ4v) is 5.99. The average molecular weight is 416 g/mol. The minimum atomic E-state index is -3.42. The second kappa shape index (κ2) is 7.94. The van der Waals surface area contributed by atoms with Crippen LogP contribution >= 0.6 is 11.3 Å². The van der Waals surface area contributed by atoms with Crippen LogP contribution < -0.4 is 4.90 Å². The summed E-state index contributed by atoms with van der Waals surface area (Å²) in [5, 5.41) is 8.58. The number of piperazine rings is 1. The predicted octanol–water partition coefficient (Wildman–Crippen LogP) is 2.67. The molecule has 1 saturated heterocycles. The van der Waals surface area contributed by atoms with Crippen LogP contribution in [-0.4, -0.2) is 54.1 Å². The molecule has 0 aliphatic carbocycles. The number of aromatic nitrogens is 3. The van der Waals surface area contributed by atoms with Gasteiger partial charge in [-0.05, 0) is 42.8 Å². The monoisotopic (exact) mass is 415 g/mol. The van der Waals surface area contributed by atoms with Gasteiger partial charge in [-0.15, -0.1) is 21.5 Å². The molecule has 3 aromatic heterocycles. The molecule has 0 atom stereocenters. The van der Waals surface area contributed by atoms with Crippen LogP contribution in [-0.2, 0) is 16.4 Å². The van der Waals surface area contributed by atoms with Gasteiger partial charge in [0.1, 0.15) is 9.90 Å². The van der Waals surface area contributed by atoms with Crippen LogP contribution in [0.2, 0.25) is 0 Å². The second-order valence-corrected chi connectivity index (χ2v) is 9.79. The minimum Gasteiger partial charge on any atom is -0.352 e. The quantitative estimate of drug-likeness (QED) is 0.637. The molecule has 1 fully saturated rings. The molecule has 0 spiro atoms. The van der Waals surface area contributed by atoms with E-state index >= 15 is 0 Å². The van der Waals surface area contributed by atoms with E-state index in [-0.39, 0.29) is 0 Å². The highest BCUT2D eigenvalue weighted by atomic mass is 32.2. The summed E-state index contributed by atoms with van der Waals surface area (Å²) in [4.78, 5) is 7.42. The molecule has 0 N–H and O–H groups in total. The Balaban J connectivity index is 1.42. The number of sulfonamides is 1. The SMILES string of the molecule is CCc1ccc(S(=O)(=O)N2CCN(c3ccc(-c4ccccn4)nn3)CC2)s1. The van der Waals surface area contributed by atoms with E-state index in [2.05, 4.69) is 20.1 Å². The van der Waals surface area contributed by atoms with E-state index in [1.165, 1.54) is 11.3 Å². The Hall–Kier alpha value is -2.36. The number of anilines is 1. The van der Waals surface area contributed by atoms with Gasteiger partial charge in [-0.2, -0.15) is 4.31 Å². The van der Waals surface area contributed by atoms with Crippen molar-refractivity contribution < 1.29 is 8.42 Å². The van der Waals surface area contributed by atoms with Gasteiger partial charge >= 0.3 is 0 Å². The van der Waals surface area contributed by atoms with Crippen LogP contribution in [0.25, 0.3) is 11.4 Å². The van der Waals surface area contributed by atoms with Crippen LogP contribution in [0.4, 0.5) is 5.82 Å². The summed E-state index contributed by atoms with van der Waals surface area (Å²) in [6.45, 7) is 4.07. The molecule has 4 rings (SSSR count). The van der Waals surface area contributed by atoms with E-state index in [9.17, 15) is 8.42 Å². The lowest BCUT2D eigenvalue weighted by Gasteiger charge is -2.34. The van der Waals surface area contributed by atoms with Gasteiger partial charge in [0.05, 0.1) is 5.69 Å². The highest BCUT2D eigenvalue weighted by molar-refractivity contribution is 7.91. The maximum atomic E-state index is 12.8. The molecule has 1 aliphatic rings. The highest BCUT2D eigenvalue weighted by Gasteiger charge is 2.30. The molecule has 9 heteroatoms. The maximum Gasteiger partial charge on any atom is 0.252 e. The third-order valence-electron chi connectivity index (χ3n) is 4.72. The van der Waals surface area contributed by atoms with Crippen molar-refractivity contribution in [1.82, 2.24) is 19.5 Å². The molecular formula is C19H21N5O2S2. The highest BCUT2D eigenvalue weighted by Crippen LogP contribution is 2.26. The largest absolute Gasteiger partial charge is 0.352 e. The first kappa shape index (κ1) is 19.0. The summed E-state index contributed by atoms with van der Waals surface area (Å²) in [5.74, 6) is 0.751. The van der Waals surface area contributed by atoms with Crippen molar-refractivity contribution in [2.75, 3.05) is 31.1 Å². The van der Waals surface area contributed by atoms with Crippen molar-refractivity contribution in [3.8, 4) is 11.4 Å². The molecule has 7 nitrogen and oxygen atoms in total. The standard InChI is InChI=1S/C19H21N5O2S2/c1-2-15-6-9-19(27-15)28(25,26)24-13-11-23(12-14-24)18-8-7-17(21-22-18)16-5-3-4-10-20-16/h3-10H,2,11-14H2,1H3. The first-order valence-corrected chi connectivity index (χ1v) is 11.4. The summed E-state index contributed by atoms with van der Waals surface area (Å²) in [7, 11) is -3.42. The first-order chi connectivity index (χ1) is 13.6. The van der Waals surface area contributed by atoms with E-state index in [4.69, 9.17) is 0 Å². The van der Waals surface area contributed by atoms with Gasteiger partial charge in [0.2, 0.25) is 0 Å². The van der Waals surface area contributed by atoms with Crippen molar-refractivity contribution in [1.29, 1.82) is 0 Å². The molecule has 4 heterocycles. The van der Waals surface area contributed by atoms with Gasteiger partial charge in [0.25, 0.3) is 10.0 Å². The van der Waals surface area contributed by atoms with Crippen LogP contribution in [0.15, 0.2) is 52.9 Å². The van der Waals surface area contributed by atoms with E-state index in [1.54, 1.807) is 16.6 Å². The third-order valence-corrected chi connectivity index (χ3v) is 8.32.